The third-order valence-electron chi connectivity index (χ3n) is 4.24. The van der Waals surface area contributed by atoms with Crippen molar-refractivity contribution in [2.24, 2.45) is 0 Å². The minimum absolute atomic E-state index is 0.0219. The van der Waals surface area contributed by atoms with Gasteiger partial charge in [0.1, 0.15) is 11.6 Å². The first-order valence-corrected chi connectivity index (χ1v) is 8.05. The van der Waals surface area contributed by atoms with Gasteiger partial charge in [0.25, 0.3) is 0 Å². The number of fused-ring (bicyclic) bond motifs is 1. The van der Waals surface area contributed by atoms with Crippen LogP contribution in [0.4, 0.5) is 5.82 Å². The van der Waals surface area contributed by atoms with Crippen LogP contribution in [0.2, 0.25) is 0 Å². The molecule has 0 aliphatic carbocycles. The van der Waals surface area contributed by atoms with Gasteiger partial charge in [0.05, 0.1) is 34.8 Å². The van der Waals surface area contributed by atoms with Gasteiger partial charge in [0.2, 0.25) is 0 Å². The highest BCUT2D eigenvalue weighted by Crippen LogP contribution is 2.31. The number of rotatable bonds is 3. The number of hydrogen-bond donors (Lipinski definition) is 2. The van der Waals surface area contributed by atoms with Crippen LogP contribution >= 0.6 is 0 Å². The first-order chi connectivity index (χ1) is 12.7. The van der Waals surface area contributed by atoms with Crippen LogP contribution in [0.3, 0.4) is 0 Å². The van der Waals surface area contributed by atoms with Crippen LogP contribution in [0.15, 0.2) is 60.8 Å². The van der Waals surface area contributed by atoms with E-state index >= 15 is 0 Å². The number of nitrogen functional groups attached to an aromatic ring is 1. The number of hydrogen-bond acceptors (Lipinski definition) is 5. The standard InChI is InChI=1S/C20H15N5O/c21-11-14-5-8-17-18(10-14)25(15-6-3-13(12-26)4-7-15)20(24-17)16-2-1-9-23-19(16)22/h1-10,26H,12H2,(H2,22,23). The molecule has 126 valence electrons. The van der Waals surface area contributed by atoms with Gasteiger partial charge in [-0.2, -0.15) is 5.26 Å². The topological polar surface area (TPSA) is 101 Å². The maximum absolute atomic E-state index is 9.29. The van der Waals surface area contributed by atoms with E-state index in [0.717, 1.165) is 22.3 Å². The molecule has 0 atom stereocenters. The first kappa shape index (κ1) is 15.8. The molecule has 0 saturated heterocycles. The second kappa shape index (κ2) is 6.31. The smallest absolute Gasteiger partial charge is 0.149 e. The summed E-state index contributed by atoms with van der Waals surface area (Å²) in [6.45, 7) is -0.0219. The largest absolute Gasteiger partial charge is 0.392 e. The molecule has 2 heterocycles. The lowest BCUT2D eigenvalue weighted by Gasteiger charge is -2.11. The van der Waals surface area contributed by atoms with E-state index in [9.17, 15) is 10.4 Å². The predicted octanol–water partition coefficient (Wildman–Crippen LogP) is 3.03. The van der Waals surface area contributed by atoms with Crippen molar-refractivity contribution in [3.63, 3.8) is 0 Å². The van der Waals surface area contributed by atoms with E-state index < -0.39 is 0 Å². The number of imidazole rings is 1. The van der Waals surface area contributed by atoms with Crippen LogP contribution in [0.25, 0.3) is 28.1 Å². The van der Waals surface area contributed by atoms with E-state index in [-0.39, 0.29) is 6.61 Å². The number of aliphatic hydroxyl groups excluding tert-OH is 1. The summed E-state index contributed by atoms with van der Waals surface area (Å²) in [5.74, 6) is 1.04. The van der Waals surface area contributed by atoms with Crippen molar-refractivity contribution in [1.29, 1.82) is 5.26 Å². The molecule has 0 fully saturated rings. The molecule has 0 bridgehead atoms. The Morgan fingerprint density at radius 3 is 2.62 bits per heavy atom. The molecular formula is C20H15N5O. The third kappa shape index (κ3) is 2.57. The summed E-state index contributed by atoms with van der Waals surface area (Å²) >= 11 is 0. The van der Waals surface area contributed by atoms with E-state index in [0.29, 0.717) is 22.8 Å². The minimum Gasteiger partial charge on any atom is -0.392 e. The van der Waals surface area contributed by atoms with Gasteiger partial charge in [-0.05, 0) is 48.0 Å². The number of nitriles is 1. The van der Waals surface area contributed by atoms with E-state index in [1.807, 2.05) is 47.0 Å². The van der Waals surface area contributed by atoms with Gasteiger partial charge in [-0.1, -0.05) is 12.1 Å². The quantitative estimate of drug-likeness (QED) is 0.596. The fourth-order valence-corrected chi connectivity index (χ4v) is 2.94. The van der Waals surface area contributed by atoms with Crippen LogP contribution in [0.5, 0.6) is 0 Å². The Bertz CT molecular complexity index is 1140. The van der Waals surface area contributed by atoms with Crippen molar-refractivity contribution < 1.29 is 5.11 Å². The maximum Gasteiger partial charge on any atom is 0.149 e. The summed E-state index contributed by atoms with van der Waals surface area (Å²) in [7, 11) is 0. The monoisotopic (exact) mass is 341 g/mol. The summed E-state index contributed by atoms with van der Waals surface area (Å²) in [6, 6.07) is 18.7. The van der Waals surface area contributed by atoms with Crippen LogP contribution in [0.1, 0.15) is 11.1 Å². The molecule has 0 radical (unpaired) electrons. The molecule has 6 heteroatoms. The van der Waals surface area contributed by atoms with Gasteiger partial charge >= 0.3 is 0 Å². The Hall–Kier alpha value is -3.69. The summed E-state index contributed by atoms with van der Waals surface area (Å²) in [6.07, 6.45) is 1.63. The summed E-state index contributed by atoms with van der Waals surface area (Å²) < 4.78 is 1.95. The molecule has 4 aromatic rings. The second-order valence-electron chi connectivity index (χ2n) is 5.85. The molecule has 2 aromatic carbocycles. The second-order valence-corrected chi connectivity index (χ2v) is 5.85. The predicted molar refractivity (Wildman–Crippen MR) is 99.4 cm³/mol. The van der Waals surface area contributed by atoms with E-state index in [2.05, 4.69) is 11.1 Å². The van der Waals surface area contributed by atoms with Crippen molar-refractivity contribution in [3.05, 3.63) is 71.9 Å². The Morgan fingerprint density at radius 1 is 1.12 bits per heavy atom. The highest BCUT2D eigenvalue weighted by atomic mass is 16.3. The van der Waals surface area contributed by atoms with Crippen LogP contribution in [-0.2, 0) is 6.61 Å². The molecule has 4 rings (SSSR count). The molecule has 0 aliphatic heterocycles. The molecule has 0 unspecified atom stereocenters. The Kier molecular flexibility index (Phi) is 3.84. The molecule has 0 spiro atoms. The van der Waals surface area contributed by atoms with Gasteiger partial charge in [0.15, 0.2) is 0 Å². The number of aliphatic hydroxyl groups is 1. The van der Waals surface area contributed by atoms with Gasteiger partial charge in [0, 0.05) is 11.9 Å². The normalized spacial score (nSPS) is 10.8. The molecule has 3 N–H and O–H groups in total. The zero-order chi connectivity index (χ0) is 18.1. The van der Waals surface area contributed by atoms with Crippen molar-refractivity contribution >= 4 is 16.9 Å². The zero-order valence-electron chi connectivity index (χ0n) is 13.8. The fourth-order valence-electron chi connectivity index (χ4n) is 2.94. The maximum atomic E-state index is 9.29. The number of benzene rings is 2. The van der Waals surface area contributed by atoms with Crippen LogP contribution in [0, 0.1) is 11.3 Å². The summed E-state index contributed by atoms with van der Waals surface area (Å²) in [4.78, 5) is 8.88. The van der Waals surface area contributed by atoms with Crippen molar-refractivity contribution in [2.45, 2.75) is 6.61 Å². The fraction of sp³-hybridized carbons (Fsp3) is 0.0500. The van der Waals surface area contributed by atoms with Crippen molar-refractivity contribution in [3.8, 4) is 23.1 Å². The number of anilines is 1. The van der Waals surface area contributed by atoms with Gasteiger partial charge in [-0.15, -0.1) is 0 Å². The van der Waals surface area contributed by atoms with Crippen molar-refractivity contribution in [1.82, 2.24) is 14.5 Å². The molecular weight excluding hydrogens is 326 g/mol. The Morgan fingerprint density at radius 2 is 1.92 bits per heavy atom. The van der Waals surface area contributed by atoms with Gasteiger partial charge < -0.3 is 10.8 Å². The lowest BCUT2D eigenvalue weighted by Crippen LogP contribution is -2.01. The average molecular weight is 341 g/mol. The van der Waals surface area contributed by atoms with Crippen LogP contribution in [-0.4, -0.2) is 19.6 Å². The number of nitrogens with zero attached hydrogens (tertiary/aromatic N) is 4. The van der Waals surface area contributed by atoms with Gasteiger partial charge in [-0.3, -0.25) is 4.57 Å². The van der Waals surface area contributed by atoms with Crippen molar-refractivity contribution in [2.75, 3.05) is 5.73 Å². The lowest BCUT2D eigenvalue weighted by atomic mass is 10.2. The number of aromatic nitrogens is 3. The molecule has 6 nitrogen and oxygen atoms in total. The summed E-state index contributed by atoms with van der Waals surface area (Å²) in [5.41, 5.74) is 10.6. The highest BCUT2D eigenvalue weighted by Gasteiger charge is 2.17. The molecule has 2 aromatic heterocycles. The van der Waals surface area contributed by atoms with Crippen LogP contribution < -0.4 is 5.73 Å². The third-order valence-corrected chi connectivity index (χ3v) is 4.24. The number of nitrogens with two attached hydrogens (primary N) is 1. The molecule has 0 amide bonds. The van der Waals surface area contributed by atoms with E-state index in [1.54, 1.807) is 18.3 Å². The van der Waals surface area contributed by atoms with E-state index in [1.165, 1.54) is 0 Å². The summed E-state index contributed by atoms with van der Waals surface area (Å²) in [5, 5.41) is 18.5. The average Bonchev–Trinajstić information content (AvgIpc) is 3.06. The molecule has 0 aliphatic rings. The lowest BCUT2D eigenvalue weighted by molar-refractivity contribution is 0.282. The molecule has 0 saturated carbocycles. The Balaban J connectivity index is 2.05. The zero-order valence-corrected chi connectivity index (χ0v) is 13.8. The minimum atomic E-state index is -0.0219. The first-order valence-electron chi connectivity index (χ1n) is 8.05. The SMILES string of the molecule is N#Cc1ccc2nc(-c3cccnc3N)n(-c3ccc(CO)cc3)c2c1. The molecule has 26 heavy (non-hydrogen) atoms. The highest BCUT2D eigenvalue weighted by molar-refractivity contribution is 5.86. The number of pyridine rings is 1. The van der Waals surface area contributed by atoms with Gasteiger partial charge in [-0.25, -0.2) is 9.97 Å². The Labute approximate surface area is 149 Å². The van der Waals surface area contributed by atoms with E-state index in [4.69, 9.17) is 10.7 Å².